The molecule has 0 aliphatic heterocycles. The first-order chi connectivity index (χ1) is 8.31. The molecule has 17 heavy (non-hydrogen) atoms. The average molecular weight is 229 g/mol. The van der Waals surface area contributed by atoms with Gasteiger partial charge in [-0.05, 0) is 30.2 Å². The highest BCUT2D eigenvalue weighted by Gasteiger charge is 1.99. The van der Waals surface area contributed by atoms with Gasteiger partial charge in [0.05, 0.1) is 7.11 Å². The SMILES string of the molecule is CCc1cccc(Nc2ccnc(OC)n2)c1. The number of aryl methyl sites for hydroxylation is 1. The van der Waals surface area contributed by atoms with Crippen molar-refractivity contribution >= 4 is 11.5 Å². The Bertz CT molecular complexity index is 454. The number of aromatic nitrogens is 2. The zero-order valence-electron chi connectivity index (χ0n) is 9.97. The molecule has 4 heteroatoms. The second kappa shape index (κ2) is 5.30. The standard InChI is InChI=1S/C13H15N3O/c1-3-10-5-4-6-11(9-10)15-12-7-8-14-13(16-12)17-2/h4-9H,3H2,1-2H3,(H,14,15,16). The van der Waals surface area contributed by atoms with Crippen molar-refractivity contribution in [1.29, 1.82) is 0 Å². The summed E-state index contributed by atoms with van der Waals surface area (Å²) in [6.45, 7) is 2.13. The number of anilines is 2. The maximum Gasteiger partial charge on any atom is 0.318 e. The van der Waals surface area contributed by atoms with E-state index in [1.807, 2.05) is 12.1 Å². The number of hydrogen-bond acceptors (Lipinski definition) is 4. The summed E-state index contributed by atoms with van der Waals surface area (Å²) in [5.41, 5.74) is 2.31. The average Bonchev–Trinajstić information content (AvgIpc) is 2.39. The Morgan fingerprint density at radius 3 is 2.94 bits per heavy atom. The number of methoxy groups -OCH3 is 1. The van der Waals surface area contributed by atoms with Crippen molar-refractivity contribution in [2.75, 3.05) is 12.4 Å². The molecule has 0 saturated carbocycles. The quantitative estimate of drug-likeness (QED) is 0.875. The molecule has 1 N–H and O–H groups in total. The van der Waals surface area contributed by atoms with Crippen LogP contribution in [0, 0.1) is 0 Å². The van der Waals surface area contributed by atoms with Crippen LogP contribution in [0.5, 0.6) is 6.01 Å². The van der Waals surface area contributed by atoms with Crippen LogP contribution in [0.4, 0.5) is 11.5 Å². The Hall–Kier alpha value is -2.10. The molecule has 1 heterocycles. The van der Waals surface area contributed by atoms with Gasteiger partial charge in [-0.1, -0.05) is 19.1 Å². The van der Waals surface area contributed by atoms with Crippen molar-refractivity contribution < 1.29 is 4.74 Å². The Labute approximate surface area is 101 Å². The van der Waals surface area contributed by atoms with E-state index in [0.717, 1.165) is 17.9 Å². The maximum absolute atomic E-state index is 4.98. The minimum atomic E-state index is 0.363. The van der Waals surface area contributed by atoms with Gasteiger partial charge in [0, 0.05) is 11.9 Å². The van der Waals surface area contributed by atoms with E-state index in [4.69, 9.17) is 4.74 Å². The lowest BCUT2D eigenvalue weighted by molar-refractivity contribution is 0.380. The van der Waals surface area contributed by atoms with Crippen molar-refractivity contribution in [3.05, 3.63) is 42.1 Å². The van der Waals surface area contributed by atoms with Crippen molar-refractivity contribution in [3.8, 4) is 6.01 Å². The third-order valence-corrected chi connectivity index (χ3v) is 2.42. The summed E-state index contributed by atoms with van der Waals surface area (Å²) in [7, 11) is 1.55. The molecule has 0 spiro atoms. The van der Waals surface area contributed by atoms with Gasteiger partial charge in [0.15, 0.2) is 0 Å². The smallest absolute Gasteiger partial charge is 0.318 e. The molecule has 0 unspecified atom stereocenters. The lowest BCUT2D eigenvalue weighted by atomic mass is 10.1. The van der Waals surface area contributed by atoms with Crippen LogP contribution in [0.3, 0.4) is 0 Å². The first-order valence-electron chi connectivity index (χ1n) is 5.55. The Balaban J connectivity index is 2.18. The number of ether oxygens (including phenoxy) is 1. The molecule has 4 nitrogen and oxygen atoms in total. The lowest BCUT2D eigenvalue weighted by Crippen LogP contribution is -1.97. The molecular weight excluding hydrogens is 214 g/mol. The van der Waals surface area contributed by atoms with Gasteiger partial charge in [-0.15, -0.1) is 0 Å². The lowest BCUT2D eigenvalue weighted by Gasteiger charge is -2.07. The van der Waals surface area contributed by atoms with E-state index in [-0.39, 0.29) is 0 Å². The molecule has 2 rings (SSSR count). The summed E-state index contributed by atoms with van der Waals surface area (Å²) < 4.78 is 4.98. The molecule has 0 aliphatic carbocycles. The largest absolute Gasteiger partial charge is 0.467 e. The second-order valence-corrected chi connectivity index (χ2v) is 3.61. The van der Waals surface area contributed by atoms with Gasteiger partial charge >= 0.3 is 6.01 Å². The van der Waals surface area contributed by atoms with E-state index in [9.17, 15) is 0 Å². The van der Waals surface area contributed by atoms with Crippen molar-refractivity contribution in [2.45, 2.75) is 13.3 Å². The first-order valence-corrected chi connectivity index (χ1v) is 5.55. The topological polar surface area (TPSA) is 47.0 Å². The van der Waals surface area contributed by atoms with Crippen LogP contribution in [0.1, 0.15) is 12.5 Å². The number of rotatable bonds is 4. The fraction of sp³-hybridized carbons (Fsp3) is 0.231. The van der Waals surface area contributed by atoms with Crippen LogP contribution in [-0.4, -0.2) is 17.1 Å². The van der Waals surface area contributed by atoms with Gasteiger partial charge < -0.3 is 10.1 Å². The number of benzene rings is 1. The van der Waals surface area contributed by atoms with Crippen LogP contribution in [0.25, 0.3) is 0 Å². The molecule has 2 aromatic rings. The maximum atomic E-state index is 4.98. The van der Waals surface area contributed by atoms with E-state index in [1.165, 1.54) is 5.56 Å². The van der Waals surface area contributed by atoms with Crippen LogP contribution in [0.15, 0.2) is 36.5 Å². The number of nitrogens with zero attached hydrogens (tertiary/aromatic N) is 2. The first kappa shape index (κ1) is 11.4. The Morgan fingerprint density at radius 2 is 2.18 bits per heavy atom. The highest BCUT2D eigenvalue weighted by atomic mass is 16.5. The molecule has 1 aromatic heterocycles. The normalized spacial score (nSPS) is 10.0. The van der Waals surface area contributed by atoms with Gasteiger partial charge in [-0.3, -0.25) is 0 Å². The van der Waals surface area contributed by atoms with E-state index in [2.05, 4.69) is 34.3 Å². The van der Waals surface area contributed by atoms with Crippen molar-refractivity contribution in [3.63, 3.8) is 0 Å². The molecule has 0 bridgehead atoms. The van der Waals surface area contributed by atoms with Gasteiger partial charge in [0.2, 0.25) is 0 Å². The zero-order chi connectivity index (χ0) is 12.1. The minimum Gasteiger partial charge on any atom is -0.467 e. The number of hydrogen-bond donors (Lipinski definition) is 1. The molecule has 88 valence electrons. The highest BCUT2D eigenvalue weighted by molar-refractivity contribution is 5.56. The summed E-state index contributed by atoms with van der Waals surface area (Å²) in [6, 6.07) is 10.4. The molecule has 1 aromatic carbocycles. The summed E-state index contributed by atoms with van der Waals surface area (Å²) in [5.74, 6) is 0.727. The van der Waals surface area contributed by atoms with Crippen molar-refractivity contribution in [1.82, 2.24) is 9.97 Å². The molecule has 0 amide bonds. The van der Waals surface area contributed by atoms with Crippen LogP contribution < -0.4 is 10.1 Å². The summed E-state index contributed by atoms with van der Waals surface area (Å²) in [4.78, 5) is 8.16. The Kier molecular flexibility index (Phi) is 3.55. The van der Waals surface area contributed by atoms with Gasteiger partial charge in [-0.2, -0.15) is 4.98 Å². The summed E-state index contributed by atoms with van der Waals surface area (Å²) in [5, 5.41) is 3.22. The van der Waals surface area contributed by atoms with Gasteiger partial charge in [0.25, 0.3) is 0 Å². The summed E-state index contributed by atoms with van der Waals surface area (Å²) in [6.07, 6.45) is 2.68. The fourth-order valence-electron chi connectivity index (χ4n) is 1.53. The van der Waals surface area contributed by atoms with E-state index >= 15 is 0 Å². The second-order valence-electron chi connectivity index (χ2n) is 3.61. The zero-order valence-corrected chi connectivity index (χ0v) is 9.97. The minimum absolute atomic E-state index is 0.363. The predicted octanol–water partition coefficient (Wildman–Crippen LogP) is 2.79. The fourth-order valence-corrected chi connectivity index (χ4v) is 1.53. The monoisotopic (exact) mass is 229 g/mol. The van der Waals surface area contributed by atoms with E-state index in [1.54, 1.807) is 19.4 Å². The van der Waals surface area contributed by atoms with Gasteiger partial charge in [0.1, 0.15) is 5.82 Å². The highest BCUT2D eigenvalue weighted by Crippen LogP contribution is 2.17. The molecule has 0 saturated heterocycles. The molecule has 0 radical (unpaired) electrons. The van der Waals surface area contributed by atoms with Crippen molar-refractivity contribution in [2.24, 2.45) is 0 Å². The molecule has 0 fully saturated rings. The van der Waals surface area contributed by atoms with Crippen LogP contribution in [0.2, 0.25) is 0 Å². The number of nitrogens with one attached hydrogen (secondary N) is 1. The van der Waals surface area contributed by atoms with E-state index < -0.39 is 0 Å². The third-order valence-electron chi connectivity index (χ3n) is 2.42. The van der Waals surface area contributed by atoms with Crippen LogP contribution in [-0.2, 0) is 6.42 Å². The molecule has 0 atom stereocenters. The summed E-state index contributed by atoms with van der Waals surface area (Å²) >= 11 is 0. The van der Waals surface area contributed by atoms with Gasteiger partial charge in [-0.25, -0.2) is 4.98 Å². The predicted molar refractivity (Wildman–Crippen MR) is 67.7 cm³/mol. The third kappa shape index (κ3) is 2.93. The van der Waals surface area contributed by atoms with Crippen LogP contribution >= 0.6 is 0 Å². The molecule has 0 aliphatic rings. The van der Waals surface area contributed by atoms with E-state index in [0.29, 0.717) is 6.01 Å². The molecular formula is C13H15N3O. The Morgan fingerprint density at radius 1 is 1.29 bits per heavy atom.